The number of nitrogens with zero attached hydrogens (tertiary/aromatic N) is 1. The lowest BCUT2D eigenvalue weighted by atomic mass is 10.2. The summed E-state index contributed by atoms with van der Waals surface area (Å²) in [6.07, 6.45) is 9.07. The van der Waals surface area contributed by atoms with Crippen molar-refractivity contribution < 1.29 is 9.59 Å². The zero-order valence-corrected chi connectivity index (χ0v) is 16.9. The molecule has 0 aromatic rings. The van der Waals surface area contributed by atoms with Gasteiger partial charge in [0.2, 0.25) is 11.8 Å². The predicted molar refractivity (Wildman–Crippen MR) is 104 cm³/mol. The first-order valence-corrected chi connectivity index (χ1v) is 8.67. The fraction of sp³-hybridized carbons (Fsp3) is 0.600. The van der Waals surface area contributed by atoms with Crippen molar-refractivity contribution in [3.8, 4) is 0 Å². The molecule has 0 fully saturated rings. The molecule has 0 unspecified atom stereocenters. The number of hydrogen-bond acceptors (Lipinski definition) is 2. The molecule has 0 heterocycles. The van der Waals surface area contributed by atoms with Crippen LogP contribution in [0.25, 0.3) is 0 Å². The van der Waals surface area contributed by atoms with Crippen molar-refractivity contribution >= 4 is 11.8 Å². The molecule has 0 aliphatic carbocycles. The molecule has 0 radical (unpaired) electrons. The topological polar surface area (TPSA) is 37.4 Å². The van der Waals surface area contributed by atoms with Crippen molar-refractivity contribution in [2.24, 2.45) is 0 Å². The van der Waals surface area contributed by atoms with Gasteiger partial charge < -0.3 is 0 Å². The molecule has 0 N–H and O–H groups in total. The number of carbonyl (C=O) groups excluding carboxylic acids is 2. The van der Waals surface area contributed by atoms with E-state index in [1.165, 1.54) is 17.4 Å². The Hall–Kier alpha value is -1.64. The minimum Gasteiger partial charge on any atom is -0.283 e. The third-order valence-electron chi connectivity index (χ3n) is 2.27. The first-order valence-electron chi connectivity index (χ1n) is 8.67. The highest BCUT2D eigenvalue weighted by Crippen LogP contribution is 1.97. The molecule has 0 saturated heterocycles. The number of amides is 2. The minimum atomic E-state index is -0.161. The summed E-state index contributed by atoms with van der Waals surface area (Å²) >= 11 is 0. The summed E-state index contributed by atoms with van der Waals surface area (Å²) in [4.78, 5) is 23.2. The lowest BCUT2D eigenvalue weighted by Crippen LogP contribution is -2.34. The van der Waals surface area contributed by atoms with Crippen LogP contribution in [0.15, 0.2) is 36.5 Å². The molecule has 0 atom stereocenters. The van der Waals surface area contributed by atoms with E-state index in [-0.39, 0.29) is 11.8 Å². The van der Waals surface area contributed by atoms with Crippen LogP contribution in [0.3, 0.4) is 0 Å². The average molecular weight is 326 g/mol. The van der Waals surface area contributed by atoms with Crippen LogP contribution >= 0.6 is 0 Å². The van der Waals surface area contributed by atoms with Crippen LogP contribution in [-0.2, 0) is 9.59 Å². The molecular formula is C20H39NO2. The van der Waals surface area contributed by atoms with Gasteiger partial charge >= 0.3 is 0 Å². The summed E-state index contributed by atoms with van der Waals surface area (Å²) in [7, 11) is 0. The highest BCUT2D eigenvalue weighted by molar-refractivity contribution is 5.94. The third kappa shape index (κ3) is 22.8. The number of rotatable bonds is 5. The predicted octanol–water partition coefficient (Wildman–Crippen LogP) is 5.93. The van der Waals surface area contributed by atoms with Crippen LogP contribution in [0.4, 0.5) is 0 Å². The van der Waals surface area contributed by atoms with E-state index in [0.717, 1.165) is 6.42 Å². The molecule has 2 amide bonds. The number of carbonyl (C=O) groups is 2. The Morgan fingerprint density at radius 3 is 1.78 bits per heavy atom. The number of imide groups is 1. The molecule has 0 saturated carbocycles. The maximum absolute atomic E-state index is 11.1. The van der Waals surface area contributed by atoms with Crippen LogP contribution in [0, 0.1) is 0 Å². The maximum atomic E-state index is 11.1. The van der Waals surface area contributed by atoms with E-state index in [0.29, 0.717) is 13.0 Å². The monoisotopic (exact) mass is 325 g/mol. The zero-order valence-electron chi connectivity index (χ0n) is 16.9. The molecule has 0 rings (SSSR count). The standard InChI is InChI=1S/C8H15NO2.C8H12.2C2H6/c1-4-6-8(11)9(5-2)7(3)10;1-4-6-8(3)7-5-2;2*1-2/h4-6H2,1-3H3;4-7H,1H2,2-3H3;2*1-2H3/b;7-5-,8-6-;;. The molecule has 0 spiro atoms. The fourth-order valence-electron chi connectivity index (χ4n) is 1.43. The number of allylic oxidation sites excluding steroid dienone is 5. The smallest absolute Gasteiger partial charge is 0.229 e. The Bertz CT molecular complexity index is 342. The molecule has 3 nitrogen and oxygen atoms in total. The van der Waals surface area contributed by atoms with E-state index < -0.39 is 0 Å². The Labute approximate surface area is 145 Å². The van der Waals surface area contributed by atoms with Gasteiger partial charge in [-0.3, -0.25) is 14.5 Å². The largest absolute Gasteiger partial charge is 0.283 e. The second kappa shape index (κ2) is 25.3. The molecule has 0 aromatic carbocycles. The van der Waals surface area contributed by atoms with Gasteiger partial charge in [-0.15, -0.1) is 0 Å². The summed E-state index contributed by atoms with van der Waals surface area (Å²) in [5, 5.41) is 0. The second-order valence-corrected chi connectivity index (χ2v) is 4.05. The van der Waals surface area contributed by atoms with Crippen molar-refractivity contribution in [3.63, 3.8) is 0 Å². The third-order valence-corrected chi connectivity index (χ3v) is 2.27. The van der Waals surface area contributed by atoms with Crippen LogP contribution < -0.4 is 0 Å². The van der Waals surface area contributed by atoms with Crippen molar-refractivity contribution in [2.45, 2.75) is 75.2 Å². The van der Waals surface area contributed by atoms with Gasteiger partial charge in [0.25, 0.3) is 0 Å². The highest BCUT2D eigenvalue weighted by Gasteiger charge is 2.13. The lowest BCUT2D eigenvalue weighted by Gasteiger charge is -2.15. The molecule has 0 aliphatic heterocycles. The van der Waals surface area contributed by atoms with E-state index in [1.807, 2.05) is 66.7 Å². The average Bonchev–Trinajstić information content (AvgIpc) is 2.53. The van der Waals surface area contributed by atoms with Gasteiger partial charge in [0.05, 0.1) is 0 Å². The van der Waals surface area contributed by atoms with Gasteiger partial charge in [-0.05, 0) is 27.2 Å². The van der Waals surface area contributed by atoms with Crippen molar-refractivity contribution in [1.29, 1.82) is 0 Å². The number of hydrogen-bond donors (Lipinski definition) is 0. The van der Waals surface area contributed by atoms with Gasteiger partial charge in [0.1, 0.15) is 0 Å². The molecular weight excluding hydrogens is 286 g/mol. The normalized spacial score (nSPS) is 9.35. The maximum Gasteiger partial charge on any atom is 0.229 e. The minimum absolute atomic E-state index is 0.0671. The van der Waals surface area contributed by atoms with Gasteiger partial charge in [-0.25, -0.2) is 0 Å². The highest BCUT2D eigenvalue weighted by atomic mass is 16.2. The molecule has 0 aromatic heterocycles. The van der Waals surface area contributed by atoms with E-state index >= 15 is 0 Å². The van der Waals surface area contributed by atoms with Crippen LogP contribution in [-0.4, -0.2) is 23.3 Å². The molecule has 136 valence electrons. The van der Waals surface area contributed by atoms with E-state index in [1.54, 1.807) is 13.0 Å². The Morgan fingerprint density at radius 1 is 1.04 bits per heavy atom. The lowest BCUT2D eigenvalue weighted by molar-refractivity contribution is -0.143. The van der Waals surface area contributed by atoms with Crippen LogP contribution in [0.1, 0.15) is 75.2 Å². The van der Waals surface area contributed by atoms with Crippen molar-refractivity contribution in [1.82, 2.24) is 4.90 Å². The van der Waals surface area contributed by atoms with E-state index in [2.05, 4.69) is 6.58 Å². The first kappa shape index (κ1) is 29.4. The van der Waals surface area contributed by atoms with Gasteiger partial charge in [-0.1, -0.05) is 71.1 Å². The van der Waals surface area contributed by atoms with Gasteiger partial charge in [-0.2, -0.15) is 0 Å². The van der Waals surface area contributed by atoms with Crippen LogP contribution in [0.2, 0.25) is 0 Å². The molecule has 23 heavy (non-hydrogen) atoms. The van der Waals surface area contributed by atoms with Gasteiger partial charge in [0.15, 0.2) is 0 Å². The summed E-state index contributed by atoms with van der Waals surface area (Å²) in [5.41, 5.74) is 1.24. The Kier molecular flexibility index (Phi) is 32.3. The van der Waals surface area contributed by atoms with Crippen molar-refractivity contribution in [2.75, 3.05) is 6.54 Å². The quantitative estimate of drug-likeness (QED) is 0.587. The first-order chi connectivity index (χ1) is 10.9. The van der Waals surface area contributed by atoms with Crippen LogP contribution in [0.5, 0.6) is 0 Å². The summed E-state index contributed by atoms with van der Waals surface area (Å²) in [5.74, 6) is -0.228. The molecule has 3 heteroatoms. The zero-order chi connectivity index (χ0) is 19.3. The molecule has 0 bridgehead atoms. The van der Waals surface area contributed by atoms with Gasteiger partial charge in [0, 0.05) is 19.9 Å². The molecule has 0 aliphatic rings. The van der Waals surface area contributed by atoms with E-state index in [4.69, 9.17) is 0 Å². The summed E-state index contributed by atoms with van der Waals surface area (Å²) < 4.78 is 0. The Balaban J connectivity index is -0.000000133. The Morgan fingerprint density at radius 2 is 1.52 bits per heavy atom. The second-order valence-electron chi connectivity index (χ2n) is 4.05. The van der Waals surface area contributed by atoms with Crippen molar-refractivity contribution in [3.05, 3.63) is 36.5 Å². The SMILES string of the molecule is C=C/C=C(C)\C=C/C.CC.CC.CCCC(=O)N(CC)C(C)=O. The fourth-order valence-corrected chi connectivity index (χ4v) is 1.43. The van der Waals surface area contributed by atoms with E-state index in [9.17, 15) is 9.59 Å². The summed E-state index contributed by atoms with van der Waals surface area (Å²) in [6, 6.07) is 0. The summed E-state index contributed by atoms with van der Waals surface area (Å²) in [6.45, 7) is 21.2.